The number of nitrogens with zero attached hydrogens (tertiary/aromatic N) is 2. The first-order valence-corrected chi connectivity index (χ1v) is 5.07. The van der Waals surface area contributed by atoms with Crippen LogP contribution < -0.4 is 0 Å². The van der Waals surface area contributed by atoms with Crippen LogP contribution in [0, 0.1) is 0 Å². The molecule has 0 aliphatic rings. The molecular formula is C11H9F3N2O2. The smallest absolute Gasteiger partial charge is 0.387 e. The number of hydrogen-bond acceptors (Lipinski definition) is 4. The summed E-state index contributed by atoms with van der Waals surface area (Å²) < 4.78 is 42.1. The topological polar surface area (TPSA) is 59.2 Å². The van der Waals surface area contributed by atoms with Crippen LogP contribution in [0.1, 0.15) is 22.8 Å². The van der Waals surface area contributed by atoms with Crippen molar-refractivity contribution in [2.45, 2.75) is 19.2 Å². The monoisotopic (exact) mass is 258 g/mol. The van der Waals surface area contributed by atoms with Gasteiger partial charge in [-0.15, -0.1) is 0 Å². The fourth-order valence-corrected chi connectivity index (χ4v) is 1.47. The third kappa shape index (κ3) is 2.86. The van der Waals surface area contributed by atoms with Crippen LogP contribution in [0.3, 0.4) is 0 Å². The molecule has 1 N–H and O–H groups in total. The lowest BCUT2D eigenvalue weighted by Gasteiger charge is -2.07. The Bertz CT molecular complexity index is 537. The average molecular weight is 258 g/mol. The number of halogens is 3. The van der Waals surface area contributed by atoms with Crippen LogP contribution in [0.25, 0.3) is 0 Å². The zero-order valence-corrected chi connectivity index (χ0v) is 9.11. The van der Waals surface area contributed by atoms with Gasteiger partial charge in [-0.05, 0) is 11.6 Å². The molecule has 2 aromatic rings. The second-order valence-electron chi connectivity index (χ2n) is 3.64. The SMILES string of the molecule is OCc1nc(Cc2cccc(C(F)(F)F)c2)no1. The van der Waals surface area contributed by atoms with Crippen LogP contribution in [0.2, 0.25) is 0 Å². The Morgan fingerprint density at radius 2 is 2.06 bits per heavy atom. The minimum Gasteiger partial charge on any atom is -0.387 e. The van der Waals surface area contributed by atoms with Gasteiger partial charge in [0.2, 0.25) is 0 Å². The number of benzene rings is 1. The molecule has 0 radical (unpaired) electrons. The van der Waals surface area contributed by atoms with Crippen molar-refractivity contribution in [2.75, 3.05) is 0 Å². The summed E-state index contributed by atoms with van der Waals surface area (Å²) in [5, 5.41) is 12.3. The van der Waals surface area contributed by atoms with Gasteiger partial charge in [0.05, 0.1) is 5.56 Å². The van der Waals surface area contributed by atoms with Crippen LogP contribution in [0.4, 0.5) is 13.2 Å². The van der Waals surface area contributed by atoms with Gasteiger partial charge >= 0.3 is 6.18 Å². The maximum Gasteiger partial charge on any atom is 0.416 e. The van der Waals surface area contributed by atoms with Gasteiger partial charge in [-0.2, -0.15) is 18.2 Å². The summed E-state index contributed by atoms with van der Waals surface area (Å²) in [5.41, 5.74) is -0.291. The molecule has 7 heteroatoms. The molecule has 0 atom stereocenters. The summed E-state index contributed by atoms with van der Waals surface area (Å²) >= 11 is 0. The lowest BCUT2D eigenvalue weighted by atomic mass is 10.1. The Kier molecular flexibility index (Phi) is 3.33. The van der Waals surface area contributed by atoms with Gasteiger partial charge in [0, 0.05) is 6.42 Å². The van der Waals surface area contributed by atoms with Gasteiger partial charge in [0.25, 0.3) is 5.89 Å². The quantitative estimate of drug-likeness (QED) is 0.916. The predicted octanol–water partition coefficient (Wildman–Crippen LogP) is 2.17. The highest BCUT2D eigenvalue weighted by molar-refractivity contribution is 5.27. The van der Waals surface area contributed by atoms with Crippen molar-refractivity contribution in [3.05, 3.63) is 47.1 Å². The van der Waals surface area contributed by atoms with E-state index >= 15 is 0 Å². The minimum atomic E-state index is -4.37. The summed E-state index contributed by atoms with van der Waals surface area (Å²) in [5.74, 6) is 0.273. The van der Waals surface area contributed by atoms with E-state index in [-0.39, 0.29) is 18.1 Å². The Labute approximate surface area is 100 Å². The van der Waals surface area contributed by atoms with E-state index in [9.17, 15) is 13.2 Å². The van der Waals surface area contributed by atoms with Gasteiger partial charge in [0.1, 0.15) is 6.61 Å². The molecule has 0 bridgehead atoms. The fraction of sp³-hybridized carbons (Fsp3) is 0.273. The van der Waals surface area contributed by atoms with Gasteiger partial charge in [-0.25, -0.2) is 0 Å². The third-order valence-electron chi connectivity index (χ3n) is 2.26. The number of rotatable bonds is 3. The molecule has 0 saturated heterocycles. The highest BCUT2D eigenvalue weighted by atomic mass is 19.4. The molecule has 18 heavy (non-hydrogen) atoms. The molecule has 0 saturated carbocycles. The summed E-state index contributed by atoms with van der Waals surface area (Å²) in [4.78, 5) is 3.81. The molecule has 0 aliphatic carbocycles. The van der Waals surface area contributed by atoms with Gasteiger partial charge in [-0.3, -0.25) is 0 Å². The predicted molar refractivity (Wildman–Crippen MR) is 54.5 cm³/mol. The molecule has 0 aliphatic heterocycles. The van der Waals surface area contributed by atoms with E-state index in [2.05, 4.69) is 14.7 Å². The summed E-state index contributed by atoms with van der Waals surface area (Å²) in [7, 11) is 0. The molecule has 0 amide bonds. The van der Waals surface area contributed by atoms with Crippen LogP contribution >= 0.6 is 0 Å². The van der Waals surface area contributed by atoms with E-state index in [0.717, 1.165) is 12.1 Å². The zero-order valence-electron chi connectivity index (χ0n) is 9.11. The standard InChI is InChI=1S/C11H9F3N2O2/c12-11(13,14)8-3-1-2-7(4-8)5-9-15-10(6-17)18-16-9/h1-4,17H,5-6H2. The van der Waals surface area contributed by atoms with Crippen LogP contribution in [-0.4, -0.2) is 15.2 Å². The van der Waals surface area contributed by atoms with Crippen LogP contribution in [-0.2, 0) is 19.2 Å². The van der Waals surface area contributed by atoms with E-state index in [1.54, 1.807) is 6.07 Å². The Morgan fingerprint density at radius 1 is 1.28 bits per heavy atom. The highest BCUT2D eigenvalue weighted by Gasteiger charge is 2.30. The van der Waals surface area contributed by atoms with Crippen molar-refractivity contribution in [1.82, 2.24) is 10.1 Å². The third-order valence-corrected chi connectivity index (χ3v) is 2.26. The Morgan fingerprint density at radius 3 is 2.67 bits per heavy atom. The van der Waals surface area contributed by atoms with E-state index in [1.807, 2.05) is 0 Å². The van der Waals surface area contributed by atoms with Crippen molar-refractivity contribution >= 4 is 0 Å². The average Bonchev–Trinajstić information content (AvgIpc) is 2.76. The van der Waals surface area contributed by atoms with Crippen molar-refractivity contribution < 1.29 is 22.8 Å². The van der Waals surface area contributed by atoms with Crippen LogP contribution in [0.15, 0.2) is 28.8 Å². The lowest BCUT2D eigenvalue weighted by Crippen LogP contribution is -2.05. The number of aromatic nitrogens is 2. The molecule has 0 spiro atoms. The lowest BCUT2D eigenvalue weighted by molar-refractivity contribution is -0.137. The van der Waals surface area contributed by atoms with Crippen molar-refractivity contribution in [3.63, 3.8) is 0 Å². The molecule has 1 aromatic heterocycles. The molecule has 1 heterocycles. The van der Waals surface area contributed by atoms with Crippen molar-refractivity contribution in [1.29, 1.82) is 0 Å². The Hall–Kier alpha value is -1.89. The first kappa shape index (κ1) is 12.6. The van der Waals surface area contributed by atoms with Gasteiger partial charge < -0.3 is 9.63 Å². The number of aliphatic hydroxyl groups excluding tert-OH is 1. The maximum absolute atomic E-state index is 12.5. The second-order valence-corrected chi connectivity index (χ2v) is 3.64. The molecule has 0 unspecified atom stereocenters. The molecular weight excluding hydrogens is 249 g/mol. The van der Waals surface area contributed by atoms with Gasteiger partial charge in [0.15, 0.2) is 5.82 Å². The zero-order chi connectivity index (χ0) is 13.2. The molecule has 96 valence electrons. The van der Waals surface area contributed by atoms with Gasteiger partial charge in [-0.1, -0.05) is 23.4 Å². The first-order valence-electron chi connectivity index (χ1n) is 5.07. The number of aliphatic hydroxyl groups is 1. The molecule has 2 rings (SSSR count). The van der Waals surface area contributed by atoms with E-state index in [0.29, 0.717) is 5.56 Å². The van der Waals surface area contributed by atoms with E-state index < -0.39 is 18.3 Å². The van der Waals surface area contributed by atoms with Crippen molar-refractivity contribution in [2.24, 2.45) is 0 Å². The van der Waals surface area contributed by atoms with Crippen LogP contribution in [0.5, 0.6) is 0 Å². The summed E-state index contributed by atoms with van der Waals surface area (Å²) in [6.07, 6.45) is -4.25. The summed E-state index contributed by atoms with van der Waals surface area (Å²) in [6.45, 7) is -0.393. The van der Waals surface area contributed by atoms with E-state index in [4.69, 9.17) is 5.11 Å². The number of alkyl halides is 3. The largest absolute Gasteiger partial charge is 0.416 e. The first-order chi connectivity index (χ1) is 8.49. The number of hydrogen-bond donors (Lipinski definition) is 1. The van der Waals surface area contributed by atoms with E-state index in [1.165, 1.54) is 6.07 Å². The maximum atomic E-state index is 12.5. The fourth-order valence-electron chi connectivity index (χ4n) is 1.47. The van der Waals surface area contributed by atoms with Crippen molar-refractivity contribution in [3.8, 4) is 0 Å². The normalized spacial score (nSPS) is 11.8. The second kappa shape index (κ2) is 4.77. The molecule has 1 aromatic carbocycles. The molecule has 4 nitrogen and oxygen atoms in total. The highest BCUT2D eigenvalue weighted by Crippen LogP contribution is 2.29. The summed E-state index contributed by atoms with van der Waals surface area (Å²) in [6, 6.07) is 4.91. The molecule has 0 fully saturated rings. The minimum absolute atomic E-state index is 0.0389. The Balaban J connectivity index is 2.19.